The quantitative estimate of drug-likeness (QED) is 0.916. The Morgan fingerprint density at radius 2 is 2.04 bits per heavy atom. The minimum atomic E-state index is -0.149. The van der Waals surface area contributed by atoms with Gasteiger partial charge in [-0.1, -0.05) is 43.4 Å². The second-order valence-corrected chi connectivity index (χ2v) is 6.30. The smallest absolute Gasteiger partial charge is 0.311 e. The van der Waals surface area contributed by atoms with Gasteiger partial charge in [0.15, 0.2) is 0 Å². The lowest BCUT2D eigenvalue weighted by Crippen LogP contribution is -2.29. The Morgan fingerprint density at radius 3 is 2.78 bits per heavy atom. The maximum Gasteiger partial charge on any atom is 0.311 e. The van der Waals surface area contributed by atoms with Crippen LogP contribution in [-0.4, -0.2) is 33.9 Å². The molecule has 2 heterocycles. The highest BCUT2D eigenvalue weighted by atomic mass is 32.1. The number of nitrogens with zero attached hydrogens (tertiary/aromatic N) is 3. The van der Waals surface area contributed by atoms with Crippen LogP contribution < -0.4 is 4.87 Å². The number of rotatable bonds is 5. The van der Waals surface area contributed by atoms with Crippen molar-refractivity contribution >= 4 is 34.9 Å². The molecule has 0 fully saturated rings. The molecule has 120 valence electrons. The van der Waals surface area contributed by atoms with Gasteiger partial charge in [0.1, 0.15) is 0 Å². The fourth-order valence-electron chi connectivity index (χ4n) is 2.55. The van der Waals surface area contributed by atoms with E-state index in [1.54, 1.807) is 6.21 Å². The molecule has 0 aliphatic carbocycles. The van der Waals surface area contributed by atoms with Crippen molar-refractivity contribution < 1.29 is 5.11 Å². The van der Waals surface area contributed by atoms with Crippen molar-refractivity contribution in [3.63, 3.8) is 0 Å². The Kier molecular flexibility index (Phi) is 4.45. The van der Waals surface area contributed by atoms with Crippen LogP contribution in [0.2, 0.25) is 0 Å². The summed E-state index contributed by atoms with van der Waals surface area (Å²) in [5.41, 5.74) is 2.84. The molecule has 1 aromatic carbocycles. The van der Waals surface area contributed by atoms with E-state index in [0.29, 0.717) is 11.5 Å². The summed E-state index contributed by atoms with van der Waals surface area (Å²) in [5, 5.41) is 10.4. The third-order valence-electron chi connectivity index (χ3n) is 3.97. The topological polar surface area (TPSA) is 57.8 Å². The minimum absolute atomic E-state index is 0.0252. The molecule has 0 saturated heterocycles. The van der Waals surface area contributed by atoms with Crippen LogP contribution in [0.1, 0.15) is 24.3 Å². The molecule has 0 amide bonds. The van der Waals surface area contributed by atoms with Crippen molar-refractivity contribution in [2.24, 2.45) is 4.99 Å². The first-order valence-corrected chi connectivity index (χ1v) is 8.45. The fourth-order valence-corrected chi connectivity index (χ4v) is 3.38. The molecule has 5 nitrogen and oxygen atoms in total. The third kappa shape index (κ3) is 3.00. The molecule has 1 N–H and O–H groups in total. The van der Waals surface area contributed by atoms with Crippen molar-refractivity contribution in [1.82, 2.24) is 9.47 Å². The van der Waals surface area contributed by atoms with Gasteiger partial charge < -0.3 is 5.11 Å². The van der Waals surface area contributed by atoms with E-state index in [0.717, 1.165) is 41.3 Å². The number of fused-ring (bicyclic) bond motifs is 1. The van der Waals surface area contributed by atoms with Gasteiger partial charge in [-0.2, -0.15) is 0 Å². The van der Waals surface area contributed by atoms with E-state index in [9.17, 15) is 9.90 Å². The maximum atomic E-state index is 12.2. The van der Waals surface area contributed by atoms with Gasteiger partial charge in [-0.05, 0) is 25.2 Å². The molecule has 0 atom stereocenters. The molecule has 2 aromatic rings. The summed E-state index contributed by atoms with van der Waals surface area (Å²) in [6.07, 6.45) is 3.60. The predicted octanol–water partition coefficient (Wildman–Crippen LogP) is 3.17. The first-order valence-electron chi connectivity index (χ1n) is 7.64. The second kappa shape index (κ2) is 6.52. The zero-order valence-corrected chi connectivity index (χ0v) is 14.0. The number of benzene rings is 1. The number of aromatic hydroxyl groups is 1. The van der Waals surface area contributed by atoms with Crippen LogP contribution in [-0.2, 0) is 6.67 Å². The van der Waals surface area contributed by atoms with Crippen LogP contribution in [0.15, 0.2) is 34.1 Å². The summed E-state index contributed by atoms with van der Waals surface area (Å²) in [6.45, 7) is 6.13. The van der Waals surface area contributed by atoms with Crippen molar-refractivity contribution in [3.8, 4) is 5.88 Å². The molecule has 0 saturated carbocycles. The molecule has 23 heavy (non-hydrogen) atoms. The Labute approximate surface area is 138 Å². The van der Waals surface area contributed by atoms with E-state index in [1.165, 1.54) is 4.57 Å². The summed E-state index contributed by atoms with van der Waals surface area (Å²) in [4.78, 5) is 19.0. The average Bonchev–Trinajstić information content (AvgIpc) is 3.08. The highest BCUT2D eigenvalue weighted by Gasteiger charge is 2.17. The minimum Gasteiger partial charge on any atom is -0.493 e. The Hall–Kier alpha value is -2.18. The van der Waals surface area contributed by atoms with Gasteiger partial charge in [-0.15, -0.1) is 0 Å². The number of allylic oxidation sites excluding steroid dienone is 1. The summed E-state index contributed by atoms with van der Waals surface area (Å²) < 4.78 is 1.42. The summed E-state index contributed by atoms with van der Waals surface area (Å²) in [6, 6.07) is 7.83. The average molecular weight is 329 g/mol. The van der Waals surface area contributed by atoms with Gasteiger partial charge in [0.05, 0.1) is 17.2 Å². The van der Waals surface area contributed by atoms with Crippen LogP contribution in [0.25, 0.3) is 11.6 Å². The van der Waals surface area contributed by atoms with Crippen LogP contribution in [0.5, 0.6) is 5.88 Å². The monoisotopic (exact) mass is 329 g/mol. The molecule has 0 bridgehead atoms. The standard InChI is InChI=1S/C17H19N3O2S/c1-3-19(4-2)11-20-16(21)15(23-17(20)22)9-12-10-18-14-8-6-5-7-13(12)14/h5-10,21H,3-4,11H2,1-2H3. The van der Waals surface area contributed by atoms with Gasteiger partial charge in [-0.25, -0.2) is 0 Å². The second-order valence-electron chi connectivity index (χ2n) is 5.30. The predicted molar refractivity (Wildman–Crippen MR) is 95.6 cm³/mol. The van der Waals surface area contributed by atoms with Crippen molar-refractivity contribution in [2.45, 2.75) is 20.5 Å². The van der Waals surface area contributed by atoms with Gasteiger partial charge in [-0.3, -0.25) is 19.3 Å². The Balaban J connectivity index is 1.96. The summed E-state index contributed by atoms with van der Waals surface area (Å²) in [5.74, 6) is 0.0252. The maximum absolute atomic E-state index is 12.2. The Morgan fingerprint density at radius 1 is 1.30 bits per heavy atom. The molecule has 1 aliphatic rings. The number of hydrogen-bond acceptors (Lipinski definition) is 5. The van der Waals surface area contributed by atoms with Gasteiger partial charge >= 0.3 is 4.87 Å². The van der Waals surface area contributed by atoms with Crippen LogP contribution in [0.4, 0.5) is 5.69 Å². The van der Waals surface area contributed by atoms with E-state index in [4.69, 9.17) is 0 Å². The number of aliphatic imine (C=N–C) groups is 1. The van der Waals surface area contributed by atoms with E-state index in [1.807, 2.05) is 44.2 Å². The van der Waals surface area contributed by atoms with Crippen LogP contribution in [0, 0.1) is 0 Å². The van der Waals surface area contributed by atoms with E-state index >= 15 is 0 Å². The Bertz CT molecular complexity index is 829. The van der Waals surface area contributed by atoms with E-state index < -0.39 is 0 Å². The molecule has 6 heteroatoms. The molecule has 0 radical (unpaired) electrons. The highest BCUT2D eigenvalue weighted by molar-refractivity contribution is 7.10. The lowest BCUT2D eigenvalue weighted by atomic mass is 10.1. The number of para-hydroxylation sites is 1. The van der Waals surface area contributed by atoms with Crippen LogP contribution >= 0.6 is 11.3 Å². The van der Waals surface area contributed by atoms with Crippen molar-refractivity contribution in [1.29, 1.82) is 0 Å². The van der Waals surface area contributed by atoms with E-state index in [-0.39, 0.29) is 10.8 Å². The molecule has 0 spiro atoms. The van der Waals surface area contributed by atoms with Gasteiger partial charge in [0.25, 0.3) is 0 Å². The van der Waals surface area contributed by atoms with Crippen molar-refractivity contribution in [2.75, 3.05) is 13.1 Å². The normalized spacial score (nSPS) is 14.8. The fraction of sp³-hybridized carbons (Fsp3) is 0.294. The summed E-state index contributed by atoms with van der Waals surface area (Å²) >= 11 is 1.06. The van der Waals surface area contributed by atoms with Crippen molar-refractivity contribution in [3.05, 3.63) is 44.4 Å². The van der Waals surface area contributed by atoms with E-state index in [2.05, 4.69) is 9.89 Å². The largest absolute Gasteiger partial charge is 0.493 e. The molecular weight excluding hydrogens is 310 g/mol. The molecule has 1 aliphatic heterocycles. The zero-order valence-electron chi connectivity index (χ0n) is 13.2. The highest BCUT2D eigenvalue weighted by Crippen LogP contribution is 2.34. The number of hydrogen-bond donors (Lipinski definition) is 1. The van der Waals surface area contributed by atoms with Crippen LogP contribution in [0.3, 0.4) is 0 Å². The zero-order chi connectivity index (χ0) is 16.4. The van der Waals surface area contributed by atoms with Gasteiger partial charge in [0.2, 0.25) is 5.88 Å². The van der Waals surface area contributed by atoms with Gasteiger partial charge in [0, 0.05) is 17.4 Å². The number of aromatic nitrogens is 1. The molecule has 3 rings (SSSR count). The number of thiazole rings is 1. The summed E-state index contributed by atoms with van der Waals surface area (Å²) in [7, 11) is 0. The third-order valence-corrected chi connectivity index (χ3v) is 4.89. The molecule has 0 unspecified atom stereocenters. The lowest BCUT2D eigenvalue weighted by molar-refractivity contribution is 0.226. The molecule has 1 aromatic heterocycles. The first-order chi connectivity index (χ1) is 11.1. The first kappa shape index (κ1) is 15.7. The SMILES string of the molecule is CCN(CC)Cn1c(O)c(C=C2C=Nc3ccccc32)sc1=O. The molecular formula is C17H19N3O2S. The lowest BCUT2D eigenvalue weighted by Gasteiger charge is -2.18.